The molecule has 0 atom stereocenters. The maximum atomic E-state index is 11.5. The second-order valence-corrected chi connectivity index (χ2v) is 5.44. The van der Waals surface area contributed by atoms with Crippen molar-refractivity contribution >= 4 is 5.91 Å². The first-order valence-electron chi connectivity index (χ1n) is 6.38. The maximum absolute atomic E-state index is 11.5. The van der Waals surface area contributed by atoms with Crippen LogP contribution in [0.15, 0.2) is 0 Å². The largest absolute Gasteiger partial charge is 0.355 e. The highest BCUT2D eigenvalue weighted by atomic mass is 16.1. The van der Waals surface area contributed by atoms with Gasteiger partial charge in [0, 0.05) is 19.5 Å². The van der Waals surface area contributed by atoms with Crippen molar-refractivity contribution in [1.29, 1.82) is 0 Å². The number of nitrogens with zero attached hydrogens (tertiary/aromatic N) is 1. The van der Waals surface area contributed by atoms with Gasteiger partial charge in [0.1, 0.15) is 0 Å². The van der Waals surface area contributed by atoms with Gasteiger partial charge >= 0.3 is 0 Å². The number of rotatable bonds is 7. The van der Waals surface area contributed by atoms with Crippen LogP contribution in [-0.4, -0.2) is 37.0 Å². The highest BCUT2D eigenvalue weighted by molar-refractivity contribution is 5.75. The first-order chi connectivity index (χ1) is 7.39. The number of hydrogen-bond donors (Lipinski definition) is 1. The minimum atomic E-state index is 0.182. The van der Waals surface area contributed by atoms with Crippen LogP contribution in [0.1, 0.15) is 47.5 Å². The molecule has 96 valence electrons. The fraction of sp³-hybridized carbons (Fsp3) is 0.923. The van der Waals surface area contributed by atoms with Crippen LogP contribution in [-0.2, 0) is 4.79 Å². The molecular weight excluding hydrogens is 200 g/mol. The predicted molar refractivity (Wildman–Crippen MR) is 69.5 cm³/mol. The fourth-order valence-corrected chi connectivity index (χ4v) is 1.47. The molecule has 0 rings (SSSR count). The van der Waals surface area contributed by atoms with Crippen molar-refractivity contribution in [2.45, 2.75) is 47.5 Å². The molecule has 16 heavy (non-hydrogen) atoms. The zero-order chi connectivity index (χ0) is 12.6. The monoisotopic (exact) mass is 228 g/mol. The Morgan fingerprint density at radius 2 is 1.75 bits per heavy atom. The van der Waals surface area contributed by atoms with E-state index >= 15 is 0 Å². The van der Waals surface area contributed by atoms with Gasteiger partial charge in [-0.15, -0.1) is 0 Å². The van der Waals surface area contributed by atoms with Crippen LogP contribution < -0.4 is 5.32 Å². The summed E-state index contributed by atoms with van der Waals surface area (Å²) >= 11 is 0. The van der Waals surface area contributed by atoms with Gasteiger partial charge in [-0.25, -0.2) is 0 Å². The van der Waals surface area contributed by atoms with Crippen molar-refractivity contribution in [3.63, 3.8) is 0 Å². The van der Waals surface area contributed by atoms with Crippen LogP contribution in [0.4, 0.5) is 0 Å². The molecule has 0 aliphatic carbocycles. The highest BCUT2D eigenvalue weighted by Gasteiger charge is 2.12. The second-order valence-electron chi connectivity index (χ2n) is 5.44. The summed E-state index contributed by atoms with van der Waals surface area (Å²) in [6.45, 7) is 14.6. The lowest BCUT2D eigenvalue weighted by atomic mass is 9.90. The molecule has 0 aromatic rings. The van der Waals surface area contributed by atoms with Crippen molar-refractivity contribution in [3.8, 4) is 0 Å². The number of carbonyl (C=O) groups is 1. The quantitative estimate of drug-likeness (QED) is 0.725. The van der Waals surface area contributed by atoms with E-state index in [9.17, 15) is 4.79 Å². The molecule has 0 radical (unpaired) electrons. The first kappa shape index (κ1) is 15.4. The van der Waals surface area contributed by atoms with Crippen LogP contribution in [0.5, 0.6) is 0 Å². The lowest BCUT2D eigenvalue weighted by molar-refractivity contribution is -0.121. The number of carbonyl (C=O) groups excluding carboxylic acids is 1. The smallest absolute Gasteiger partial charge is 0.220 e. The average molecular weight is 228 g/mol. The zero-order valence-corrected chi connectivity index (χ0v) is 11.6. The molecule has 3 nitrogen and oxygen atoms in total. The normalized spacial score (nSPS) is 11.9. The van der Waals surface area contributed by atoms with Crippen molar-refractivity contribution in [1.82, 2.24) is 10.2 Å². The summed E-state index contributed by atoms with van der Waals surface area (Å²) in [5, 5.41) is 2.97. The Kier molecular flexibility index (Phi) is 7.39. The van der Waals surface area contributed by atoms with Crippen molar-refractivity contribution < 1.29 is 4.79 Å². The molecule has 0 aliphatic rings. The molecule has 0 fully saturated rings. The van der Waals surface area contributed by atoms with Gasteiger partial charge in [-0.2, -0.15) is 0 Å². The van der Waals surface area contributed by atoms with Gasteiger partial charge in [0.15, 0.2) is 0 Å². The summed E-state index contributed by atoms with van der Waals surface area (Å²) < 4.78 is 0. The molecule has 0 saturated heterocycles. The average Bonchev–Trinajstić information content (AvgIpc) is 2.20. The number of hydrogen-bond acceptors (Lipinski definition) is 2. The van der Waals surface area contributed by atoms with Crippen LogP contribution in [0.3, 0.4) is 0 Å². The number of likely N-dealkylation sites (N-methyl/N-ethyl adjacent to an activating group) is 1. The van der Waals surface area contributed by atoms with Crippen molar-refractivity contribution in [2.75, 3.05) is 26.2 Å². The molecule has 0 bridgehead atoms. The van der Waals surface area contributed by atoms with E-state index in [1.807, 2.05) is 0 Å². The summed E-state index contributed by atoms with van der Waals surface area (Å²) in [6, 6.07) is 0. The van der Waals surface area contributed by atoms with Crippen molar-refractivity contribution in [2.24, 2.45) is 5.41 Å². The predicted octanol–water partition coefficient (Wildman–Crippen LogP) is 2.27. The summed E-state index contributed by atoms with van der Waals surface area (Å²) in [5.41, 5.74) is 0.246. The summed E-state index contributed by atoms with van der Waals surface area (Å²) in [6.07, 6.45) is 1.59. The lowest BCUT2D eigenvalue weighted by Crippen LogP contribution is -2.35. The molecule has 0 aliphatic heterocycles. The minimum Gasteiger partial charge on any atom is -0.355 e. The van der Waals surface area contributed by atoms with Gasteiger partial charge in [0.05, 0.1) is 0 Å². The van der Waals surface area contributed by atoms with Crippen LogP contribution in [0.2, 0.25) is 0 Å². The molecule has 1 N–H and O–H groups in total. The molecule has 0 saturated carbocycles. The zero-order valence-electron chi connectivity index (χ0n) is 11.6. The SMILES string of the molecule is CCN(CC)CCNC(=O)CCC(C)(C)C. The Hall–Kier alpha value is -0.570. The molecule has 0 spiro atoms. The van der Waals surface area contributed by atoms with E-state index in [0.29, 0.717) is 6.42 Å². The number of amides is 1. The van der Waals surface area contributed by atoms with Gasteiger partial charge in [0.25, 0.3) is 0 Å². The molecule has 0 aromatic carbocycles. The summed E-state index contributed by atoms with van der Waals surface area (Å²) in [7, 11) is 0. The van der Waals surface area contributed by atoms with Crippen LogP contribution >= 0.6 is 0 Å². The molecule has 0 heterocycles. The maximum Gasteiger partial charge on any atom is 0.220 e. The topological polar surface area (TPSA) is 32.3 Å². The Balaban J connectivity index is 3.58. The van der Waals surface area contributed by atoms with E-state index in [1.165, 1.54) is 0 Å². The van der Waals surface area contributed by atoms with Gasteiger partial charge in [-0.05, 0) is 24.9 Å². The van der Waals surface area contributed by atoms with Crippen LogP contribution in [0.25, 0.3) is 0 Å². The third kappa shape index (κ3) is 8.72. The van der Waals surface area contributed by atoms with Gasteiger partial charge in [-0.3, -0.25) is 4.79 Å². The van der Waals surface area contributed by atoms with E-state index in [2.05, 4.69) is 44.8 Å². The Morgan fingerprint density at radius 1 is 1.19 bits per heavy atom. The first-order valence-corrected chi connectivity index (χ1v) is 6.38. The lowest BCUT2D eigenvalue weighted by Gasteiger charge is -2.19. The Bertz CT molecular complexity index is 193. The van der Waals surface area contributed by atoms with Gasteiger partial charge in [-0.1, -0.05) is 34.6 Å². The van der Waals surface area contributed by atoms with Gasteiger partial charge in [0.2, 0.25) is 5.91 Å². The molecule has 3 heteroatoms. The fourth-order valence-electron chi connectivity index (χ4n) is 1.47. The van der Waals surface area contributed by atoms with E-state index in [1.54, 1.807) is 0 Å². The van der Waals surface area contributed by atoms with Gasteiger partial charge < -0.3 is 10.2 Å². The molecule has 0 unspecified atom stereocenters. The van der Waals surface area contributed by atoms with E-state index in [0.717, 1.165) is 32.6 Å². The molecule has 1 amide bonds. The van der Waals surface area contributed by atoms with E-state index in [-0.39, 0.29) is 11.3 Å². The summed E-state index contributed by atoms with van der Waals surface area (Å²) in [5.74, 6) is 0.182. The van der Waals surface area contributed by atoms with E-state index < -0.39 is 0 Å². The van der Waals surface area contributed by atoms with Crippen molar-refractivity contribution in [3.05, 3.63) is 0 Å². The molecule has 0 aromatic heterocycles. The Morgan fingerprint density at radius 3 is 2.19 bits per heavy atom. The van der Waals surface area contributed by atoms with E-state index in [4.69, 9.17) is 0 Å². The summed E-state index contributed by atoms with van der Waals surface area (Å²) in [4.78, 5) is 13.8. The highest BCUT2D eigenvalue weighted by Crippen LogP contribution is 2.19. The third-order valence-corrected chi connectivity index (χ3v) is 2.75. The minimum absolute atomic E-state index is 0.182. The standard InChI is InChI=1S/C13H28N2O/c1-6-15(7-2)11-10-14-12(16)8-9-13(3,4)5/h6-11H2,1-5H3,(H,14,16). The molecular formula is C13H28N2O. The third-order valence-electron chi connectivity index (χ3n) is 2.75. The number of nitrogens with one attached hydrogen (secondary N) is 1. The second kappa shape index (κ2) is 7.66. The van der Waals surface area contributed by atoms with Crippen LogP contribution in [0, 0.1) is 5.41 Å². The Labute approximate surface area is 101 Å².